The summed E-state index contributed by atoms with van der Waals surface area (Å²) >= 11 is 0. The molecule has 1 aliphatic rings. The highest BCUT2D eigenvalue weighted by molar-refractivity contribution is 7.92. The van der Waals surface area contributed by atoms with Crippen molar-refractivity contribution < 1.29 is 26.0 Å². The van der Waals surface area contributed by atoms with Crippen molar-refractivity contribution in [2.24, 2.45) is 0 Å². The number of ether oxygens (including phenoxy) is 1. The molecule has 0 aliphatic carbocycles. The van der Waals surface area contributed by atoms with E-state index in [4.69, 9.17) is 9.15 Å². The zero-order chi connectivity index (χ0) is 17.4. The van der Waals surface area contributed by atoms with Crippen LogP contribution >= 0.6 is 0 Å². The van der Waals surface area contributed by atoms with Gasteiger partial charge in [0.15, 0.2) is 9.84 Å². The Bertz CT molecular complexity index is 913. The minimum Gasteiger partial charge on any atom is -0.495 e. The predicted octanol–water partition coefficient (Wildman–Crippen LogP) is 1.28. The molecule has 1 aromatic carbocycles. The van der Waals surface area contributed by atoms with E-state index >= 15 is 0 Å². The molecule has 130 valence electrons. The van der Waals surface area contributed by atoms with E-state index in [2.05, 4.69) is 0 Å². The molecule has 1 fully saturated rings. The summed E-state index contributed by atoms with van der Waals surface area (Å²) in [5, 5.41) is -0.730. The SMILES string of the molecule is COc1ccccc1S(=O)(=O)N1CC(S(=O)(=O)Cc2ccco2)C1. The van der Waals surface area contributed by atoms with Crippen molar-refractivity contribution in [1.29, 1.82) is 0 Å². The third-order valence-electron chi connectivity index (χ3n) is 3.93. The van der Waals surface area contributed by atoms with Gasteiger partial charge in [-0.15, -0.1) is 0 Å². The Morgan fingerprint density at radius 3 is 2.46 bits per heavy atom. The maximum absolute atomic E-state index is 12.6. The molecule has 0 spiro atoms. The molecule has 0 atom stereocenters. The van der Waals surface area contributed by atoms with Gasteiger partial charge in [0.05, 0.1) is 18.6 Å². The monoisotopic (exact) mass is 371 g/mol. The Morgan fingerprint density at radius 2 is 1.83 bits per heavy atom. The van der Waals surface area contributed by atoms with E-state index in [-0.39, 0.29) is 29.5 Å². The summed E-state index contributed by atoms with van der Waals surface area (Å²) in [7, 11) is -5.86. The zero-order valence-corrected chi connectivity index (χ0v) is 14.6. The molecule has 0 N–H and O–H groups in total. The molecule has 9 heteroatoms. The van der Waals surface area contributed by atoms with Crippen molar-refractivity contribution in [3.8, 4) is 5.75 Å². The molecule has 1 aromatic heterocycles. The third-order valence-corrected chi connectivity index (χ3v) is 7.80. The Kier molecular flexibility index (Phi) is 4.41. The first-order valence-corrected chi connectivity index (χ1v) is 10.4. The van der Waals surface area contributed by atoms with Crippen LogP contribution in [0.25, 0.3) is 0 Å². The molecule has 0 bridgehead atoms. The fourth-order valence-electron chi connectivity index (χ4n) is 2.51. The molecular formula is C15H17NO6S2. The van der Waals surface area contributed by atoms with E-state index in [1.54, 1.807) is 30.3 Å². The number of rotatable bonds is 6. The molecule has 2 heterocycles. The number of hydrogen-bond acceptors (Lipinski definition) is 6. The molecule has 0 unspecified atom stereocenters. The van der Waals surface area contributed by atoms with Crippen LogP contribution in [-0.2, 0) is 25.6 Å². The fourth-order valence-corrected chi connectivity index (χ4v) is 5.99. The van der Waals surface area contributed by atoms with Crippen molar-refractivity contribution >= 4 is 19.9 Å². The minimum atomic E-state index is -3.78. The molecular weight excluding hydrogens is 354 g/mol. The summed E-state index contributed by atoms with van der Waals surface area (Å²) in [6.07, 6.45) is 1.41. The molecule has 0 radical (unpaired) electrons. The maximum atomic E-state index is 12.6. The van der Waals surface area contributed by atoms with Crippen LogP contribution in [0.15, 0.2) is 52.0 Å². The van der Waals surface area contributed by atoms with Crippen molar-refractivity contribution in [2.45, 2.75) is 15.9 Å². The highest BCUT2D eigenvalue weighted by Gasteiger charge is 2.44. The Morgan fingerprint density at radius 1 is 1.12 bits per heavy atom. The molecule has 2 aromatic rings. The van der Waals surface area contributed by atoms with Gasteiger partial charge in [0, 0.05) is 13.1 Å². The first-order chi connectivity index (χ1) is 11.3. The quantitative estimate of drug-likeness (QED) is 0.759. The van der Waals surface area contributed by atoms with E-state index in [0.717, 1.165) is 4.31 Å². The van der Waals surface area contributed by atoms with Crippen molar-refractivity contribution in [2.75, 3.05) is 20.2 Å². The second kappa shape index (κ2) is 6.23. The number of benzene rings is 1. The first-order valence-electron chi connectivity index (χ1n) is 7.22. The van der Waals surface area contributed by atoms with Crippen LogP contribution in [0.4, 0.5) is 0 Å². The van der Waals surface area contributed by atoms with Crippen molar-refractivity contribution in [3.05, 3.63) is 48.4 Å². The van der Waals surface area contributed by atoms with Gasteiger partial charge in [-0.1, -0.05) is 12.1 Å². The summed E-state index contributed by atoms with van der Waals surface area (Å²) in [6, 6.07) is 9.46. The number of furan rings is 1. The molecule has 1 aliphatic heterocycles. The lowest BCUT2D eigenvalue weighted by molar-refractivity contribution is 0.307. The van der Waals surface area contributed by atoms with Crippen LogP contribution in [-0.4, -0.2) is 46.6 Å². The summed E-state index contributed by atoms with van der Waals surface area (Å²) in [6.45, 7) is -0.132. The van der Waals surface area contributed by atoms with E-state index in [0.29, 0.717) is 5.76 Å². The van der Waals surface area contributed by atoms with Crippen LogP contribution in [0.5, 0.6) is 5.75 Å². The summed E-state index contributed by atoms with van der Waals surface area (Å²) in [5.41, 5.74) is 0. The third kappa shape index (κ3) is 3.06. The number of nitrogens with zero attached hydrogens (tertiary/aromatic N) is 1. The van der Waals surface area contributed by atoms with Gasteiger partial charge in [0.25, 0.3) is 0 Å². The molecule has 24 heavy (non-hydrogen) atoms. The number of sulfone groups is 1. The van der Waals surface area contributed by atoms with Gasteiger partial charge in [-0.2, -0.15) is 4.31 Å². The van der Waals surface area contributed by atoms with E-state index in [9.17, 15) is 16.8 Å². The van der Waals surface area contributed by atoms with Crippen LogP contribution in [0.1, 0.15) is 5.76 Å². The largest absolute Gasteiger partial charge is 0.495 e. The highest BCUT2D eigenvalue weighted by atomic mass is 32.2. The predicted molar refractivity (Wildman–Crippen MR) is 86.9 cm³/mol. The topological polar surface area (TPSA) is 93.9 Å². The second-order valence-electron chi connectivity index (χ2n) is 5.48. The van der Waals surface area contributed by atoms with E-state index in [1.807, 2.05) is 0 Å². The average molecular weight is 371 g/mol. The van der Waals surface area contributed by atoms with Crippen LogP contribution in [0, 0.1) is 0 Å². The van der Waals surface area contributed by atoms with Gasteiger partial charge in [-0.25, -0.2) is 16.8 Å². The van der Waals surface area contributed by atoms with Crippen LogP contribution < -0.4 is 4.74 Å². The number of hydrogen-bond donors (Lipinski definition) is 0. The molecule has 3 rings (SSSR count). The zero-order valence-electron chi connectivity index (χ0n) is 13.0. The Labute approximate surface area is 140 Å². The van der Waals surface area contributed by atoms with Gasteiger partial charge < -0.3 is 9.15 Å². The van der Waals surface area contributed by atoms with E-state index < -0.39 is 25.1 Å². The Balaban J connectivity index is 1.74. The van der Waals surface area contributed by atoms with Gasteiger partial charge >= 0.3 is 0 Å². The second-order valence-corrected chi connectivity index (χ2v) is 9.67. The first kappa shape index (κ1) is 17.0. The van der Waals surface area contributed by atoms with Gasteiger partial charge in [0.1, 0.15) is 22.2 Å². The lowest BCUT2D eigenvalue weighted by atomic mass is 10.3. The highest BCUT2D eigenvalue weighted by Crippen LogP contribution is 2.31. The molecule has 0 amide bonds. The van der Waals surface area contributed by atoms with Crippen LogP contribution in [0.3, 0.4) is 0 Å². The fraction of sp³-hybridized carbons (Fsp3) is 0.333. The van der Waals surface area contributed by atoms with Gasteiger partial charge in [-0.05, 0) is 24.3 Å². The van der Waals surface area contributed by atoms with Crippen LogP contribution in [0.2, 0.25) is 0 Å². The van der Waals surface area contributed by atoms with Crippen molar-refractivity contribution in [1.82, 2.24) is 4.31 Å². The average Bonchev–Trinajstić information content (AvgIpc) is 2.97. The van der Waals surface area contributed by atoms with Gasteiger partial charge in [0.2, 0.25) is 10.0 Å². The van der Waals surface area contributed by atoms with Crippen molar-refractivity contribution in [3.63, 3.8) is 0 Å². The number of methoxy groups -OCH3 is 1. The number of sulfonamides is 1. The normalized spacial score (nSPS) is 16.7. The number of para-hydroxylation sites is 1. The summed E-state index contributed by atoms with van der Waals surface area (Å²) < 4.78 is 61.1. The minimum absolute atomic E-state index is 0.0365. The smallest absolute Gasteiger partial charge is 0.246 e. The summed E-state index contributed by atoms with van der Waals surface area (Å²) in [4.78, 5) is 0.0365. The maximum Gasteiger partial charge on any atom is 0.246 e. The molecule has 7 nitrogen and oxygen atoms in total. The van der Waals surface area contributed by atoms with Gasteiger partial charge in [-0.3, -0.25) is 0 Å². The standard InChI is InChI=1S/C15H17NO6S2/c1-21-14-6-2-3-7-15(14)24(19,20)16-9-13(10-16)23(17,18)11-12-5-4-8-22-12/h2-8,13H,9-11H2,1H3. The Hall–Kier alpha value is -1.84. The molecule has 1 saturated heterocycles. The summed E-state index contributed by atoms with van der Waals surface area (Å²) in [5.74, 6) is 0.355. The lowest BCUT2D eigenvalue weighted by Gasteiger charge is -2.37. The molecule has 0 saturated carbocycles. The lowest BCUT2D eigenvalue weighted by Crippen LogP contribution is -2.56. The van der Waals surface area contributed by atoms with E-state index in [1.165, 1.54) is 19.4 Å².